The molecule has 0 bridgehead atoms. The van der Waals surface area contributed by atoms with Crippen LogP contribution in [0, 0.1) is 5.82 Å². The van der Waals surface area contributed by atoms with Crippen molar-refractivity contribution in [2.24, 2.45) is 0 Å². The fourth-order valence-electron chi connectivity index (χ4n) is 3.38. The Morgan fingerprint density at radius 1 is 1.29 bits per heavy atom. The van der Waals surface area contributed by atoms with Gasteiger partial charge in [0.2, 0.25) is 0 Å². The van der Waals surface area contributed by atoms with Crippen molar-refractivity contribution in [3.63, 3.8) is 0 Å². The Hall–Kier alpha value is -1.66. The Labute approximate surface area is 142 Å². The molecule has 1 atom stereocenters. The van der Waals surface area contributed by atoms with Crippen LogP contribution in [0.1, 0.15) is 24.8 Å². The first-order chi connectivity index (χ1) is 11.7. The summed E-state index contributed by atoms with van der Waals surface area (Å²) < 4.78 is 24.5. The van der Waals surface area contributed by atoms with Crippen molar-refractivity contribution in [2.75, 3.05) is 39.9 Å². The third-order valence-electron chi connectivity index (χ3n) is 4.72. The zero-order chi connectivity index (χ0) is 16.9. The van der Waals surface area contributed by atoms with E-state index in [4.69, 9.17) is 9.47 Å². The van der Waals surface area contributed by atoms with Gasteiger partial charge in [-0.15, -0.1) is 0 Å². The summed E-state index contributed by atoms with van der Waals surface area (Å²) in [6.45, 7) is 4.11. The van der Waals surface area contributed by atoms with E-state index in [2.05, 4.69) is 4.90 Å². The number of piperidine rings is 1. The average molecular weight is 336 g/mol. The summed E-state index contributed by atoms with van der Waals surface area (Å²) in [6, 6.07) is 5.00. The molecule has 0 radical (unpaired) electrons. The van der Waals surface area contributed by atoms with E-state index in [1.165, 1.54) is 19.6 Å². The van der Waals surface area contributed by atoms with Crippen molar-refractivity contribution in [2.45, 2.75) is 31.9 Å². The van der Waals surface area contributed by atoms with Crippen LogP contribution in [-0.2, 0) is 16.1 Å². The number of hydrogen-bond donors (Lipinski definition) is 0. The molecule has 0 spiro atoms. The molecule has 2 aliphatic heterocycles. The van der Waals surface area contributed by atoms with Crippen LogP contribution >= 0.6 is 0 Å². The molecule has 1 amide bonds. The molecule has 0 aromatic heterocycles. The number of benzene rings is 1. The number of methoxy groups -OCH3 is 1. The maximum Gasteiger partial charge on any atom is 0.253 e. The molecule has 5 nitrogen and oxygen atoms in total. The molecule has 2 heterocycles. The van der Waals surface area contributed by atoms with Crippen molar-refractivity contribution in [1.29, 1.82) is 0 Å². The minimum Gasteiger partial charge on any atom is -0.494 e. The lowest BCUT2D eigenvalue weighted by molar-refractivity contribution is -0.150. The Balaban J connectivity index is 1.59. The van der Waals surface area contributed by atoms with Gasteiger partial charge in [-0.3, -0.25) is 9.69 Å². The molecule has 1 aromatic carbocycles. The number of morpholine rings is 1. The molecule has 2 saturated heterocycles. The molecule has 0 aliphatic carbocycles. The van der Waals surface area contributed by atoms with Crippen molar-refractivity contribution in [1.82, 2.24) is 9.80 Å². The van der Waals surface area contributed by atoms with Gasteiger partial charge < -0.3 is 14.4 Å². The highest BCUT2D eigenvalue weighted by atomic mass is 19.1. The number of carbonyl (C=O) groups is 1. The molecule has 6 heteroatoms. The highest BCUT2D eigenvalue weighted by Gasteiger charge is 2.30. The van der Waals surface area contributed by atoms with Gasteiger partial charge in [0.25, 0.3) is 5.91 Å². The smallest absolute Gasteiger partial charge is 0.253 e. The molecule has 132 valence electrons. The van der Waals surface area contributed by atoms with Crippen LogP contribution in [0.5, 0.6) is 5.75 Å². The third-order valence-corrected chi connectivity index (χ3v) is 4.72. The third kappa shape index (κ3) is 4.05. The number of likely N-dealkylation sites (tertiary alicyclic amines) is 1. The second-order valence-electron chi connectivity index (χ2n) is 6.45. The molecule has 1 unspecified atom stereocenters. The lowest BCUT2D eigenvalue weighted by atomic mass is 10.1. The van der Waals surface area contributed by atoms with Gasteiger partial charge in [-0.2, -0.15) is 0 Å². The van der Waals surface area contributed by atoms with E-state index in [1.54, 1.807) is 6.07 Å². The monoisotopic (exact) mass is 336 g/mol. The molecule has 2 fully saturated rings. The van der Waals surface area contributed by atoms with Crippen molar-refractivity contribution < 1.29 is 18.7 Å². The summed E-state index contributed by atoms with van der Waals surface area (Å²) in [5.74, 6) is -0.0107. The van der Waals surface area contributed by atoms with E-state index in [9.17, 15) is 9.18 Å². The number of halogens is 1. The largest absolute Gasteiger partial charge is 0.494 e. The van der Waals surface area contributed by atoms with Gasteiger partial charge in [0, 0.05) is 32.7 Å². The normalized spacial score (nSPS) is 22.4. The lowest BCUT2D eigenvalue weighted by Crippen LogP contribution is -2.51. The molecule has 3 rings (SSSR count). The molecule has 2 aliphatic rings. The fraction of sp³-hybridized carbons (Fsp3) is 0.611. The van der Waals surface area contributed by atoms with Gasteiger partial charge in [-0.25, -0.2) is 4.39 Å². The van der Waals surface area contributed by atoms with Gasteiger partial charge in [0.15, 0.2) is 11.6 Å². The minimum absolute atomic E-state index is 0.0975. The number of amides is 1. The van der Waals surface area contributed by atoms with E-state index < -0.39 is 6.10 Å². The molecular weight excluding hydrogens is 311 g/mol. The summed E-state index contributed by atoms with van der Waals surface area (Å²) >= 11 is 0. The predicted octanol–water partition coefficient (Wildman–Crippen LogP) is 2.05. The van der Waals surface area contributed by atoms with E-state index >= 15 is 0 Å². The van der Waals surface area contributed by atoms with Crippen molar-refractivity contribution in [3.8, 4) is 5.75 Å². The predicted molar refractivity (Wildman–Crippen MR) is 88.4 cm³/mol. The quantitative estimate of drug-likeness (QED) is 0.844. The van der Waals surface area contributed by atoms with Crippen LogP contribution in [0.3, 0.4) is 0 Å². The van der Waals surface area contributed by atoms with E-state index in [0.29, 0.717) is 19.7 Å². The molecule has 0 saturated carbocycles. The average Bonchev–Trinajstić information content (AvgIpc) is 2.62. The second-order valence-corrected chi connectivity index (χ2v) is 6.45. The zero-order valence-electron chi connectivity index (χ0n) is 14.2. The van der Waals surface area contributed by atoms with Gasteiger partial charge in [0.05, 0.1) is 13.7 Å². The van der Waals surface area contributed by atoms with E-state index in [-0.39, 0.29) is 17.5 Å². The van der Waals surface area contributed by atoms with Gasteiger partial charge >= 0.3 is 0 Å². The maximum atomic E-state index is 13.8. The minimum atomic E-state index is -0.403. The lowest BCUT2D eigenvalue weighted by Gasteiger charge is -2.36. The molecule has 24 heavy (non-hydrogen) atoms. The van der Waals surface area contributed by atoms with E-state index in [0.717, 1.165) is 38.0 Å². The summed E-state index contributed by atoms with van der Waals surface area (Å²) in [5.41, 5.74) is 0.874. The Bertz CT molecular complexity index is 575. The van der Waals surface area contributed by atoms with Crippen LogP contribution in [-0.4, -0.2) is 61.7 Å². The van der Waals surface area contributed by atoms with Crippen molar-refractivity contribution in [3.05, 3.63) is 29.6 Å². The van der Waals surface area contributed by atoms with Crippen LogP contribution in [0.4, 0.5) is 4.39 Å². The first-order valence-electron chi connectivity index (χ1n) is 8.62. The molecule has 0 N–H and O–H groups in total. The van der Waals surface area contributed by atoms with E-state index in [1.807, 2.05) is 11.0 Å². The first-order valence-corrected chi connectivity index (χ1v) is 8.62. The van der Waals surface area contributed by atoms with Crippen molar-refractivity contribution >= 4 is 5.91 Å². The number of nitrogens with zero attached hydrogens (tertiary/aromatic N) is 2. The van der Waals surface area contributed by atoms with Crippen LogP contribution in [0.25, 0.3) is 0 Å². The first kappa shape index (κ1) is 17.2. The van der Waals surface area contributed by atoms with Gasteiger partial charge in [0.1, 0.15) is 6.10 Å². The highest BCUT2D eigenvalue weighted by Crippen LogP contribution is 2.20. The van der Waals surface area contributed by atoms with Gasteiger partial charge in [-0.1, -0.05) is 6.07 Å². The number of carbonyl (C=O) groups excluding carboxylic acids is 1. The summed E-state index contributed by atoms with van der Waals surface area (Å²) in [4.78, 5) is 16.7. The molecule has 1 aromatic rings. The number of hydrogen-bond acceptors (Lipinski definition) is 4. The maximum absolute atomic E-state index is 13.8. The summed E-state index contributed by atoms with van der Waals surface area (Å²) in [7, 11) is 1.46. The van der Waals surface area contributed by atoms with Crippen LogP contribution < -0.4 is 4.74 Å². The Kier molecular flexibility index (Phi) is 5.68. The highest BCUT2D eigenvalue weighted by molar-refractivity contribution is 5.81. The molecular formula is C18H25FN2O3. The fourth-order valence-corrected chi connectivity index (χ4v) is 3.38. The van der Waals surface area contributed by atoms with Crippen LogP contribution in [0.2, 0.25) is 0 Å². The topological polar surface area (TPSA) is 42.0 Å². The zero-order valence-corrected chi connectivity index (χ0v) is 14.2. The second kappa shape index (κ2) is 7.94. The van der Waals surface area contributed by atoms with Crippen LogP contribution in [0.15, 0.2) is 18.2 Å². The SMILES string of the molecule is COc1ccc(CN2CCOC(C(=O)N3CCCCC3)C2)cc1F. The Morgan fingerprint density at radius 3 is 2.79 bits per heavy atom. The standard InChI is InChI=1S/C18H25FN2O3/c1-23-16-6-5-14(11-15(16)19)12-20-9-10-24-17(13-20)18(22)21-7-3-2-4-8-21/h5-6,11,17H,2-4,7-10,12-13H2,1H3. The summed E-state index contributed by atoms with van der Waals surface area (Å²) in [5, 5.41) is 0. The summed E-state index contributed by atoms with van der Waals surface area (Å²) in [6.07, 6.45) is 2.95. The van der Waals surface area contributed by atoms with Gasteiger partial charge in [-0.05, 0) is 37.0 Å². The number of ether oxygens (including phenoxy) is 2. The Morgan fingerprint density at radius 2 is 2.08 bits per heavy atom. The number of rotatable bonds is 4.